The molecule has 0 atom stereocenters. The van der Waals surface area contributed by atoms with E-state index >= 15 is 0 Å². The average Bonchev–Trinajstić information content (AvgIpc) is 2.48. The lowest BCUT2D eigenvalue weighted by atomic mass is 10.3. The normalized spacial score (nSPS) is 9.85. The first-order valence-corrected chi connectivity index (χ1v) is 4.92. The fraction of sp³-hybridized carbons (Fsp3) is 0.400. The van der Waals surface area contributed by atoms with E-state index < -0.39 is 0 Å². The van der Waals surface area contributed by atoms with Crippen molar-refractivity contribution in [1.82, 2.24) is 4.90 Å². The van der Waals surface area contributed by atoms with E-state index in [0.717, 1.165) is 12.1 Å². The summed E-state index contributed by atoms with van der Waals surface area (Å²) >= 11 is 1.70. The standard InChI is InChI=1S/C10H13NOS/c1-11(2)7-10-6-9(8-13-10)4-3-5-12/h6,8,12H,5,7H2,1-2H3. The molecule has 2 nitrogen and oxygen atoms in total. The predicted octanol–water partition coefficient (Wildman–Crippen LogP) is 1.15. The molecule has 1 N–H and O–H groups in total. The van der Waals surface area contributed by atoms with Crippen molar-refractivity contribution < 1.29 is 5.11 Å². The van der Waals surface area contributed by atoms with Crippen LogP contribution < -0.4 is 0 Å². The monoisotopic (exact) mass is 195 g/mol. The third kappa shape index (κ3) is 3.60. The summed E-state index contributed by atoms with van der Waals surface area (Å²) in [6, 6.07) is 2.06. The number of hydrogen-bond acceptors (Lipinski definition) is 3. The molecule has 1 aromatic rings. The van der Waals surface area contributed by atoms with E-state index in [9.17, 15) is 0 Å². The third-order valence-corrected chi connectivity index (χ3v) is 2.36. The summed E-state index contributed by atoms with van der Waals surface area (Å²) < 4.78 is 0. The molecular weight excluding hydrogens is 182 g/mol. The smallest absolute Gasteiger partial charge is 0.104 e. The van der Waals surface area contributed by atoms with Crippen LogP contribution in [0.5, 0.6) is 0 Å². The van der Waals surface area contributed by atoms with Gasteiger partial charge in [-0.05, 0) is 20.2 Å². The highest BCUT2D eigenvalue weighted by Gasteiger charge is 1.98. The summed E-state index contributed by atoms with van der Waals surface area (Å²) in [6.45, 7) is 0.879. The van der Waals surface area contributed by atoms with Gasteiger partial charge in [-0.2, -0.15) is 0 Å². The first kappa shape index (κ1) is 10.3. The van der Waals surface area contributed by atoms with Gasteiger partial charge in [0.05, 0.1) is 0 Å². The van der Waals surface area contributed by atoms with Crippen molar-refractivity contribution in [2.24, 2.45) is 0 Å². The molecule has 0 spiro atoms. The van der Waals surface area contributed by atoms with Gasteiger partial charge < -0.3 is 10.0 Å². The minimum atomic E-state index is -0.0706. The quantitative estimate of drug-likeness (QED) is 0.716. The summed E-state index contributed by atoms with van der Waals surface area (Å²) in [4.78, 5) is 3.42. The zero-order valence-corrected chi connectivity index (χ0v) is 8.69. The highest BCUT2D eigenvalue weighted by Crippen LogP contribution is 2.14. The van der Waals surface area contributed by atoms with Gasteiger partial charge in [0.1, 0.15) is 6.61 Å². The van der Waals surface area contributed by atoms with E-state index in [4.69, 9.17) is 5.11 Å². The lowest BCUT2D eigenvalue weighted by Gasteiger charge is -2.05. The number of rotatable bonds is 2. The van der Waals surface area contributed by atoms with E-state index in [2.05, 4.69) is 22.8 Å². The molecule has 0 bridgehead atoms. The Morgan fingerprint density at radius 1 is 1.54 bits per heavy atom. The topological polar surface area (TPSA) is 23.5 Å². The Labute approximate surface area is 82.8 Å². The van der Waals surface area contributed by atoms with Crippen LogP contribution in [0.1, 0.15) is 10.4 Å². The SMILES string of the molecule is CN(C)Cc1cc(C#CCO)cs1. The number of aliphatic hydroxyl groups excluding tert-OH is 1. The van der Waals surface area contributed by atoms with Crippen LogP contribution in [0.2, 0.25) is 0 Å². The Balaban J connectivity index is 2.63. The Morgan fingerprint density at radius 2 is 2.31 bits per heavy atom. The van der Waals surface area contributed by atoms with Crippen LogP contribution in [0.15, 0.2) is 11.4 Å². The maximum atomic E-state index is 8.50. The van der Waals surface area contributed by atoms with Crippen molar-refractivity contribution in [2.45, 2.75) is 6.54 Å². The molecule has 0 amide bonds. The van der Waals surface area contributed by atoms with Crippen LogP contribution in [-0.4, -0.2) is 30.7 Å². The molecule has 0 unspecified atom stereocenters. The van der Waals surface area contributed by atoms with Crippen molar-refractivity contribution in [3.05, 3.63) is 21.9 Å². The molecule has 3 heteroatoms. The molecule has 13 heavy (non-hydrogen) atoms. The van der Waals surface area contributed by atoms with Crippen LogP contribution in [0.4, 0.5) is 0 Å². The first-order chi connectivity index (χ1) is 6.22. The van der Waals surface area contributed by atoms with Crippen LogP contribution >= 0.6 is 11.3 Å². The van der Waals surface area contributed by atoms with E-state index in [1.165, 1.54) is 4.88 Å². The number of nitrogens with zero attached hydrogens (tertiary/aromatic N) is 1. The van der Waals surface area contributed by atoms with Crippen LogP contribution in [0.25, 0.3) is 0 Å². The van der Waals surface area contributed by atoms with Crippen LogP contribution in [0, 0.1) is 11.8 Å². The Kier molecular flexibility index (Phi) is 3.97. The highest BCUT2D eigenvalue weighted by atomic mass is 32.1. The van der Waals surface area contributed by atoms with Gasteiger partial charge in [-0.25, -0.2) is 0 Å². The number of thiophene rings is 1. The van der Waals surface area contributed by atoms with Crippen molar-refractivity contribution in [3.8, 4) is 11.8 Å². The van der Waals surface area contributed by atoms with Crippen molar-refractivity contribution in [2.75, 3.05) is 20.7 Å². The minimum absolute atomic E-state index is 0.0706. The fourth-order valence-electron chi connectivity index (χ4n) is 0.982. The molecule has 0 radical (unpaired) electrons. The van der Waals surface area contributed by atoms with Crippen molar-refractivity contribution in [3.63, 3.8) is 0 Å². The zero-order chi connectivity index (χ0) is 9.68. The van der Waals surface area contributed by atoms with E-state index in [-0.39, 0.29) is 6.61 Å². The molecule has 0 fully saturated rings. The third-order valence-electron chi connectivity index (χ3n) is 1.44. The lowest BCUT2D eigenvalue weighted by Crippen LogP contribution is -2.09. The van der Waals surface area contributed by atoms with Gasteiger partial charge >= 0.3 is 0 Å². The minimum Gasteiger partial charge on any atom is -0.384 e. The molecule has 70 valence electrons. The molecule has 1 aromatic heterocycles. The molecule has 1 rings (SSSR count). The van der Waals surface area contributed by atoms with Gasteiger partial charge in [0.25, 0.3) is 0 Å². The largest absolute Gasteiger partial charge is 0.384 e. The van der Waals surface area contributed by atoms with Gasteiger partial charge in [-0.15, -0.1) is 11.3 Å². The summed E-state index contributed by atoms with van der Waals surface area (Å²) in [7, 11) is 4.08. The molecule has 0 saturated carbocycles. The van der Waals surface area contributed by atoms with E-state index in [1.807, 2.05) is 19.5 Å². The van der Waals surface area contributed by atoms with Gasteiger partial charge in [0.15, 0.2) is 0 Å². The maximum absolute atomic E-state index is 8.50. The molecule has 0 aliphatic heterocycles. The second kappa shape index (κ2) is 5.03. The van der Waals surface area contributed by atoms with Gasteiger partial charge in [-0.1, -0.05) is 11.8 Å². The van der Waals surface area contributed by atoms with Crippen LogP contribution in [-0.2, 0) is 6.54 Å². The second-order valence-corrected chi connectivity index (χ2v) is 4.00. The second-order valence-electron chi connectivity index (χ2n) is 3.00. The van der Waals surface area contributed by atoms with E-state index in [0.29, 0.717) is 0 Å². The van der Waals surface area contributed by atoms with Gasteiger partial charge in [0, 0.05) is 22.4 Å². The van der Waals surface area contributed by atoms with Crippen molar-refractivity contribution in [1.29, 1.82) is 0 Å². The van der Waals surface area contributed by atoms with Crippen molar-refractivity contribution >= 4 is 11.3 Å². The number of aliphatic hydroxyl groups is 1. The molecule has 1 heterocycles. The molecule has 0 aromatic carbocycles. The maximum Gasteiger partial charge on any atom is 0.104 e. The molecule has 0 aliphatic carbocycles. The molecular formula is C10H13NOS. The summed E-state index contributed by atoms with van der Waals surface area (Å²) in [5, 5.41) is 10.5. The molecule has 0 saturated heterocycles. The summed E-state index contributed by atoms with van der Waals surface area (Å²) in [5.74, 6) is 5.51. The molecule has 0 aliphatic rings. The Hall–Kier alpha value is -0.820. The Bertz CT molecular complexity index is 319. The lowest BCUT2D eigenvalue weighted by molar-refractivity contribution is 0.350. The summed E-state index contributed by atoms with van der Waals surface area (Å²) in [6.07, 6.45) is 0. The number of hydrogen-bond donors (Lipinski definition) is 1. The summed E-state index contributed by atoms with van der Waals surface area (Å²) in [5.41, 5.74) is 0.996. The average molecular weight is 195 g/mol. The zero-order valence-electron chi connectivity index (χ0n) is 7.87. The van der Waals surface area contributed by atoms with Gasteiger partial charge in [0.2, 0.25) is 0 Å². The van der Waals surface area contributed by atoms with Crippen LogP contribution in [0.3, 0.4) is 0 Å². The predicted molar refractivity (Wildman–Crippen MR) is 55.7 cm³/mol. The fourth-order valence-corrected chi connectivity index (χ4v) is 1.92. The van der Waals surface area contributed by atoms with Gasteiger partial charge in [-0.3, -0.25) is 0 Å². The highest BCUT2D eigenvalue weighted by molar-refractivity contribution is 7.10. The first-order valence-electron chi connectivity index (χ1n) is 4.04. The Morgan fingerprint density at radius 3 is 2.92 bits per heavy atom. The van der Waals surface area contributed by atoms with E-state index in [1.54, 1.807) is 11.3 Å².